The summed E-state index contributed by atoms with van der Waals surface area (Å²) < 4.78 is 4.97. The lowest BCUT2D eigenvalue weighted by atomic mass is 10.1. The fourth-order valence-electron chi connectivity index (χ4n) is 2.00. The van der Waals surface area contributed by atoms with Crippen molar-refractivity contribution < 1.29 is 14.3 Å². The molecule has 1 amide bonds. The molecule has 2 aromatic rings. The van der Waals surface area contributed by atoms with Crippen molar-refractivity contribution in [1.29, 1.82) is 0 Å². The highest BCUT2D eigenvalue weighted by atomic mass is 16.5. The molecule has 0 aliphatic carbocycles. The maximum Gasteiger partial charge on any atom is 0.340 e. The molecule has 5 heteroatoms. The minimum absolute atomic E-state index is 0.268. The number of benzene rings is 2. The first-order valence-corrected chi connectivity index (χ1v) is 7.01. The monoisotopic (exact) mass is 298 g/mol. The Bertz CT molecular complexity index is 656. The van der Waals surface area contributed by atoms with Crippen LogP contribution >= 0.6 is 0 Å². The lowest BCUT2D eigenvalue weighted by Crippen LogP contribution is -2.28. The van der Waals surface area contributed by atoms with Gasteiger partial charge in [0.2, 0.25) is 5.91 Å². The third kappa shape index (κ3) is 3.71. The van der Waals surface area contributed by atoms with E-state index in [0.29, 0.717) is 16.8 Å². The summed E-state index contributed by atoms with van der Waals surface area (Å²) in [6.45, 7) is 2.00. The molecular formula is C17H18N2O3. The molecule has 0 aromatic heterocycles. The molecule has 0 spiro atoms. The molecule has 0 saturated heterocycles. The van der Waals surface area contributed by atoms with Crippen molar-refractivity contribution in [2.24, 2.45) is 5.73 Å². The Morgan fingerprint density at radius 2 is 1.73 bits per heavy atom. The molecule has 22 heavy (non-hydrogen) atoms. The third-order valence-corrected chi connectivity index (χ3v) is 3.12. The molecule has 0 heterocycles. The number of esters is 1. The van der Waals surface area contributed by atoms with Crippen LogP contribution in [0.5, 0.6) is 0 Å². The minimum atomic E-state index is -0.809. The topological polar surface area (TPSA) is 81.4 Å². The van der Waals surface area contributed by atoms with E-state index >= 15 is 0 Å². The Kier molecular flexibility index (Phi) is 5.27. The first-order valence-electron chi connectivity index (χ1n) is 7.01. The van der Waals surface area contributed by atoms with Crippen LogP contribution in [0.4, 0.5) is 5.69 Å². The second kappa shape index (κ2) is 7.38. The summed E-state index contributed by atoms with van der Waals surface area (Å²) in [5.74, 6) is -0.866. The van der Waals surface area contributed by atoms with Gasteiger partial charge in [-0.1, -0.05) is 42.5 Å². The molecule has 1 atom stereocenters. The van der Waals surface area contributed by atoms with Gasteiger partial charge in [-0.2, -0.15) is 0 Å². The molecule has 0 fully saturated rings. The number of para-hydroxylation sites is 1. The van der Waals surface area contributed by atoms with Crippen LogP contribution in [0.2, 0.25) is 0 Å². The Morgan fingerprint density at radius 3 is 2.41 bits per heavy atom. The number of ether oxygens (including phenoxy) is 1. The molecular weight excluding hydrogens is 280 g/mol. The van der Waals surface area contributed by atoms with Crippen LogP contribution in [0.1, 0.15) is 28.9 Å². The van der Waals surface area contributed by atoms with Crippen LogP contribution in [0.25, 0.3) is 0 Å². The minimum Gasteiger partial charge on any atom is -0.462 e. The molecule has 5 nitrogen and oxygen atoms in total. The predicted octanol–water partition coefficient (Wildman–Crippen LogP) is 2.50. The molecule has 0 unspecified atom stereocenters. The Balaban J connectivity index is 2.17. The number of nitrogens with one attached hydrogen (secondary N) is 1. The number of carbonyl (C=O) groups is 2. The molecule has 0 saturated carbocycles. The quantitative estimate of drug-likeness (QED) is 0.831. The molecule has 0 bridgehead atoms. The van der Waals surface area contributed by atoms with E-state index < -0.39 is 12.0 Å². The molecule has 3 N–H and O–H groups in total. The molecule has 114 valence electrons. The van der Waals surface area contributed by atoms with Crippen LogP contribution in [0, 0.1) is 0 Å². The zero-order valence-corrected chi connectivity index (χ0v) is 12.3. The molecule has 0 aliphatic heterocycles. The largest absolute Gasteiger partial charge is 0.462 e. The summed E-state index contributed by atoms with van der Waals surface area (Å²) in [6, 6.07) is 14.9. The van der Waals surface area contributed by atoms with E-state index in [9.17, 15) is 9.59 Å². The Labute approximate surface area is 129 Å². The van der Waals surface area contributed by atoms with E-state index in [1.165, 1.54) is 0 Å². The summed E-state index contributed by atoms with van der Waals surface area (Å²) in [5.41, 5.74) is 7.34. The van der Waals surface area contributed by atoms with E-state index in [1.54, 1.807) is 43.3 Å². The van der Waals surface area contributed by atoms with Gasteiger partial charge in [0, 0.05) is 0 Å². The molecule has 2 aromatic carbocycles. The Morgan fingerprint density at radius 1 is 1.09 bits per heavy atom. The number of rotatable bonds is 5. The van der Waals surface area contributed by atoms with E-state index in [4.69, 9.17) is 10.5 Å². The van der Waals surface area contributed by atoms with Gasteiger partial charge in [-0.05, 0) is 24.6 Å². The van der Waals surface area contributed by atoms with E-state index in [1.807, 2.05) is 18.2 Å². The maximum atomic E-state index is 12.3. The highest BCUT2D eigenvalue weighted by Crippen LogP contribution is 2.19. The second-order valence-corrected chi connectivity index (χ2v) is 4.64. The number of hydrogen-bond donors (Lipinski definition) is 2. The van der Waals surface area contributed by atoms with Gasteiger partial charge in [0.15, 0.2) is 0 Å². The Hall–Kier alpha value is -2.66. The highest BCUT2D eigenvalue weighted by molar-refractivity contribution is 6.02. The third-order valence-electron chi connectivity index (χ3n) is 3.12. The first-order chi connectivity index (χ1) is 10.6. The van der Waals surface area contributed by atoms with Gasteiger partial charge in [0.25, 0.3) is 0 Å². The lowest BCUT2D eigenvalue weighted by Gasteiger charge is -2.14. The van der Waals surface area contributed by atoms with Gasteiger partial charge in [0.05, 0.1) is 17.9 Å². The number of hydrogen-bond acceptors (Lipinski definition) is 4. The van der Waals surface area contributed by atoms with Gasteiger partial charge in [-0.3, -0.25) is 4.79 Å². The number of carbonyl (C=O) groups excluding carboxylic acids is 2. The summed E-state index contributed by atoms with van der Waals surface area (Å²) in [6.07, 6.45) is 0. The van der Waals surface area contributed by atoms with Crippen LogP contribution in [-0.2, 0) is 9.53 Å². The van der Waals surface area contributed by atoms with E-state index in [2.05, 4.69) is 5.32 Å². The van der Waals surface area contributed by atoms with Crippen LogP contribution in [0.3, 0.4) is 0 Å². The van der Waals surface area contributed by atoms with Gasteiger partial charge in [0.1, 0.15) is 6.04 Å². The average Bonchev–Trinajstić information content (AvgIpc) is 2.55. The summed E-state index contributed by atoms with van der Waals surface area (Å²) in [4.78, 5) is 24.1. The van der Waals surface area contributed by atoms with E-state index in [0.717, 1.165) is 0 Å². The van der Waals surface area contributed by atoms with Crippen molar-refractivity contribution in [1.82, 2.24) is 0 Å². The van der Waals surface area contributed by atoms with E-state index in [-0.39, 0.29) is 12.5 Å². The zero-order valence-electron chi connectivity index (χ0n) is 12.3. The maximum absolute atomic E-state index is 12.3. The fourth-order valence-corrected chi connectivity index (χ4v) is 2.00. The van der Waals surface area contributed by atoms with Gasteiger partial charge in [-0.15, -0.1) is 0 Å². The molecule has 0 aliphatic rings. The second-order valence-electron chi connectivity index (χ2n) is 4.64. The molecule has 2 rings (SSSR count). The van der Waals surface area contributed by atoms with Gasteiger partial charge >= 0.3 is 5.97 Å². The van der Waals surface area contributed by atoms with Crippen molar-refractivity contribution in [2.45, 2.75) is 13.0 Å². The highest BCUT2D eigenvalue weighted by Gasteiger charge is 2.19. The number of amides is 1. The van der Waals surface area contributed by atoms with Crippen molar-refractivity contribution in [3.8, 4) is 0 Å². The van der Waals surface area contributed by atoms with Crippen molar-refractivity contribution in [2.75, 3.05) is 11.9 Å². The van der Waals surface area contributed by atoms with Gasteiger partial charge in [-0.25, -0.2) is 4.79 Å². The zero-order chi connectivity index (χ0) is 15.9. The predicted molar refractivity (Wildman–Crippen MR) is 84.4 cm³/mol. The van der Waals surface area contributed by atoms with Crippen molar-refractivity contribution in [3.63, 3.8) is 0 Å². The summed E-state index contributed by atoms with van der Waals surface area (Å²) >= 11 is 0. The van der Waals surface area contributed by atoms with Crippen molar-refractivity contribution >= 4 is 17.6 Å². The molecule has 0 radical (unpaired) electrons. The lowest BCUT2D eigenvalue weighted by molar-refractivity contribution is -0.117. The first kappa shape index (κ1) is 15.7. The van der Waals surface area contributed by atoms with Crippen LogP contribution < -0.4 is 11.1 Å². The smallest absolute Gasteiger partial charge is 0.340 e. The fraction of sp³-hybridized carbons (Fsp3) is 0.176. The number of nitrogens with two attached hydrogens (primary N) is 1. The average molecular weight is 298 g/mol. The number of anilines is 1. The normalized spacial score (nSPS) is 11.5. The summed E-state index contributed by atoms with van der Waals surface area (Å²) in [7, 11) is 0. The van der Waals surface area contributed by atoms with Gasteiger partial charge < -0.3 is 15.8 Å². The van der Waals surface area contributed by atoms with Crippen LogP contribution in [-0.4, -0.2) is 18.5 Å². The SMILES string of the molecule is CCOC(=O)c1ccccc1NC(=O)[C@@H](N)c1ccccc1. The van der Waals surface area contributed by atoms with Crippen LogP contribution in [0.15, 0.2) is 54.6 Å². The van der Waals surface area contributed by atoms with Crippen molar-refractivity contribution in [3.05, 3.63) is 65.7 Å². The summed E-state index contributed by atoms with van der Waals surface area (Å²) in [5, 5.41) is 2.68. The standard InChI is InChI=1S/C17H18N2O3/c1-2-22-17(21)13-10-6-7-11-14(13)19-16(20)15(18)12-8-4-3-5-9-12/h3-11,15H,2,18H2,1H3,(H,19,20)/t15-/m0/s1.